The van der Waals surface area contributed by atoms with Crippen LogP contribution in [0.2, 0.25) is 0 Å². The van der Waals surface area contributed by atoms with Crippen molar-refractivity contribution in [2.24, 2.45) is 5.92 Å². The van der Waals surface area contributed by atoms with E-state index < -0.39 is 0 Å². The van der Waals surface area contributed by atoms with Crippen LogP contribution in [-0.4, -0.2) is 67.2 Å². The van der Waals surface area contributed by atoms with Gasteiger partial charge in [-0.25, -0.2) is 0 Å². The Hall–Kier alpha value is -3.39. The van der Waals surface area contributed by atoms with Crippen molar-refractivity contribution in [3.63, 3.8) is 0 Å². The Labute approximate surface area is 248 Å². The summed E-state index contributed by atoms with van der Waals surface area (Å²) in [5.74, 6) is 1.47. The maximum atomic E-state index is 12.2. The topological polar surface area (TPSA) is 73.8 Å². The van der Waals surface area contributed by atoms with Crippen LogP contribution >= 0.6 is 0 Å². The molecule has 2 aliphatic heterocycles. The highest BCUT2D eigenvalue weighted by Crippen LogP contribution is 2.35. The quantitative estimate of drug-likeness (QED) is 0.349. The van der Waals surface area contributed by atoms with E-state index in [1.807, 2.05) is 25.8 Å². The molecule has 0 bridgehead atoms. The molecule has 3 aliphatic rings. The first-order valence-corrected chi connectivity index (χ1v) is 15.3. The highest BCUT2D eigenvalue weighted by Gasteiger charge is 2.30. The van der Waals surface area contributed by atoms with Gasteiger partial charge in [0.15, 0.2) is 0 Å². The van der Waals surface area contributed by atoms with Gasteiger partial charge in [0.05, 0.1) is 18.8 Å². The number of hydrogen-bond acceptors (Lipinski definition) is 7. The molecule has 3 heterocycles. The molecule has 1 atom stereocenters. The fourth-order valence-corrected chi connectivity index (χ4v) is 6.07. The Morgan fingerprint density at radius 3 is 2.54 bits per heavy atom. The number of hydrogen-bond donors (Lipinski definition) is 1. The number of nitrogens with one attached hydrogen (secondary N) is 1. The smallest absolute Gasteiger partial charge is 0.318 e. The van der Waals surface area contributed by atoms with Gasteiger partial charge < -0.3 is 24.8 Å². The minimum Gasteiger partial charge on any atom is -0.463 e. The summed E-state index contributed by atoms with van der Waals surface area (Å²) in [5, 5.41) is 3.36. The third-order valence-electron chi connectivity index (χ3n) is 8.30. The summed E-state index contributed by atoms with van der Waals surface area (Å²) in [5.41, 5.74) is 7.50. The van der Waals surface area contributed by atoms with Crippen LogP contribution in [0.5, 0.6) is 6.01 Å². The first kappa shape index (κ1) is 30.6. The van der Waals surface area contributed by atoms with Crippen molar-refractivity contribution in [1.29, 1.82) is 0 Å². The molecule has 0 radical (unpaired) electrons. The van der Waals surface area contributed by atoms with Crippen molar-refractivity contribution in [2.45, 2.75) is 66.5 Å². The van der Waals surface area contributed by atoms with Gasteiger partial charge in [0.1, 0.15) is 5.82 Å². The number of carbonyl (C=O) groups excluding carboxylic acids is 1. The predicted octanol–water partition coefficient (Wildman–Crippen LogP) is 5.22. The lowest BCUT2D eigenvalue weighted by molar-refractivity contribution is -0.126. The largest absolute Gasteiger partial charge is 0.463 e. The summed E-state index contributed by atoms with van der Waals surface area (Å²) < 4.78 is 6.28. The Bertz CT molecular complexity index is 1240. The lowest BCUT2D eigenvalue weighted by atomic mass is 9.95. The molecule has 1 aromatic heterocycles. The standard InChI is InChI=1S/C31H42N6O2.C2H6.H2/c1-5-28(38)35-15-17-36(18-16-35)30-25-13-14-37(29-23(3)12-11-22(2)26(29)19-32-4)20-27(25)33-31(34-30)39-21-24-9-7-6-8-10-24;1-2;/h5-7,11-12,24,32H,1,8-10,13-21H2,2-4H3;1-2H3;1H. The van der Waals surface area contributed by atoms with E-state index in [1.54, 1.807) is 0 Å². The van der Waals surface area contributed by atoms with Crippen LogP contribution in [0.15, 0.2) is 36.9 Å². The third-order valence-corrected chi connectivity index (χ3v) is 8.30. The summed E-state index contributed by atoms with van der Waals surface area (Å²) in [4.78, 5) is 28.8. The second-order valence-corrected chi connectivity index (χ2v) is 11.0. The predicted molar refractivity (Wildman–Crippen MR) is 170 cm³/mol. The average Bonchev–Trinajstić information content (AvgIpc) is 3.02. The first-order chi connectivity index (χ1) is 20.0. The molecule has 1 unspecified atom stereocenters. The van der Waals surface area contributed by atoms with E-state index >= 15 is 0 Å². The summed E-state index contributed by atoms with van der Waals surface area (Å²) in [7, 11) is 2.00. The molecule has 1 fully saturated rings. The van der Waals surface area contributed by atoms with Gasteiger partial charge in [0.2, 0.25) is 5.91 Å². The summed E-state index contributed by atoms with van der Waals surface area (Å²) in [6.45, 7) is 17.9. The van der Waals surface area contributed by atoms with E-state index in [0.29, 0.717) is 31.6 Å². The van der Waals surface area contributed by atoms with Gasteiger partial charge in [-0.15, -0.1) is 0 Å². The van der Waals surface area contributed by atoms with E-state index in [-0.39, 0.29) is 7.33 Å². The number of aromatic nitrogens is 2. The average molecular weight is 563 g/mol. The van der Waals surface area contributed by atoms with Crippen LogP contribution in [0.1, 0.15) is 62.5 Å². The molecule has 8 nitrogen and oxygen atoms in total. The first-order valence-electron chi connectivity index (χ1n) is 15.3. The number of rotatable bonds is 8. The number of fused-ring (bicyclic) bond motifs is 1. The molecule has 1 aliphatic carbocycles. The molecule has 5 rings (SSSR count). The van der Waals surface area contributed by atoms with Crippen LogP contribution < -0.4 is 19.9 Å². The Morgan fingerprint density at radius 2 is 1.85 bits per heavy atom. The number of allylic oxidation sites excluding steroid dienone is 2. The number of piperazine rings is 1. The molecule has 0 saturated carbocycles. The van der Waals surface area contributed by atoms with E-state index in [9.17, 15) is 4.79 Å². The van der Waals surface area contributed by atoms with Crippen LogP contribution in [0, 0.1) is 19.8 Å². The van der Waals surface area contributed by atoms with Crippen LogP contribution in [-0.2, 0) is 24.3 Å². The summed E-state index contributed by atoms with van der Waals surface area (Å²) in [6, 6.07) is 4.91. The molecule has 1 saturated heterocycles. The van der Waals surface area contributed by atoms with Gasteiger partial charge in [0.25, 0.3) is 0 Å². The van der Waals surface area contributed by atoms with E-state index in [4.69, 9.17) is 14.7 Å². The fourth-order valence-electron chi connectivity index (χ4n) is 6.07. The van der Waals surface area contributed by atoms with Crippen molar-refractivity contribution in [1.82, 2.24) is 20.2 Å². The Kier molecular flexibility index (Phi) is 10.8. The van der Waals surface area contributed by atoms with Crippen LogP contribution in [0.25, 0.3) is 0 Å². The summed E-state index contributed by atoms with van der Waals surface area (Å²) >= 11 is 0. The Morgan fingerprint density at radius 1 is 1.10 bits per heavy atom. The number of carbonyl (C=O) groups is 1. The maximum absolute atomic E-state index is 12.2. The zero-order valence-corrected chi connectivity index (χ0v) is 25.7. The van der Waals surface area contributed by atoms with Crippen LogP contribution in [0.4, 0.5) is 11.5 Å². The van der Waals surface area contributed by atoms with Gasteiger partial charge >= 0.3 is 6.01 Å². The molecule has 224 valence electrons. The number of anilines is 2. The molecule has 0 spiro atoms. The third kappa shape index (κ3) is 7.10. The van der Waals surface area contributed by atoms with Crippen molar-refractivity contribution in [2.75, 3.05) is 56.2 Å². The lowest BCUT2D eigenvalue weighted by Gasteiger charge is -2.38. The van der Waals surface area contributed by atoms with Crippen molar-refractivity contribution in [3.05, 3.63) is 64.9 Å². The fraction of sp³-hybridized carbons (Fsp3) is 0.545. The van der Waals surface area contributed by atoms with Gasteiger partial charge in [0, 0.05) is 51.9 Å². The second kappa shape index (κ2) is 14.5. The van der Waals surface area contributed by atoms with Gasteiger partial charge in [-0.05, 0) is 75.3 Å². The molecule has 1 aromatic carbocycles. The second-order valence-electron chi connectivity index (χ2n) is 11.0. The van der Waals surface area contributed by atoms with Crippen molar-refractivity contribution < 1.29 is 11.0 Å². The van der Waals surface area contributed by atoms with E-state index in [1.165, 1.54) is 34.0 Å². The molecule has 1 amide bonds. The molecule has 1 N–H and O–H groups in total. The molecule has 41 heavy (non-hydrogen) atoms. The van der Waals surface area contributed by atoms with Gasteiger partial charge in [-0.2, -0.15) is 9.97 Å². The summed E-state index contributed by atoms with van der Waals surface area (Å²) in [6.07, 6.45) is 10.1. The highest BCUT2D eigenvalue weighted by molar-refractivity contribution is 5.87. The monoisotopic (exact) mass is 562 g/mol. The van der Waals surface area contributed by atoms with E-state index in [0.717, 1.165) is 69.9 Å². The number of nitrogens with zero attached hydrogens (tertiary/aromatic N) is 5. The Balaban J connectivity index is 0.00000158. The van der Waals surface area contributed by atoms with Crippen molar-refractivity contribution in [3.8, 4) is 6.01 Å². The molecular weight excluding hydrogens is 512 g/mol. The number of aryl methyl sites for hydroxylation is 2. The van der Waals surface area contributed by atoms with Gasteiger partial charge in [-0.3, -0.25) is 4.79 Å². The lowest BCUT2D eigenvalue weighted by Crippen LogP contribution is -2.49. The molecule has 2 aromatic rings. The minimum atomic E-state index is -0.00791. The normalized spacial score (nSPS) is 18.4. The SMILES string of the molecule is C=CC(=O)N1CCN(c2nc(OCC3CC=CCC3)nc3c2CCN(c2c(C)ccc(C)c2CNC)C3)CC1.CC.[HH]. The number of ether oxygens (including phenoxy) is 1. The highest BCUT2D eigenvalue weighted by atomic mass is 16.5. The maximum Gasteiger partial charge on any atom is 0.318 e. The minimum absolute atomic E-state index is 0. The number of benzene rings is 1. The zero-order valence-electron chi connectivity index (χ0n) is 25.7. The number of amides is 1. The van der Waals surface area contributed by atoms with E-state index in [2.05, 4.69) is 59.8 Å². The van der Waals surface area contributed by atoms with Crippen molar-refractivity contribution >= 4 is 17.4 Å². The zero-order chi connectivity index (χ0) is 29.4. The van der Waals surface area contributed by atoms with Gasteiger partial charge in [-0.1, -0.05) is 44.7 Å². The molecule has 8 heteroatoms. The molecular formula is C33H50N6O2. The van der Waals surface area contributed by atoms with Crippen LogP contribution in [0.3, 0.4) is 0 Å².